The number of aromatic nitrogens is 2. The fourth-order valence-corrected chi connectivity index (χ4v) is 3.25. The number of fused-ring (bicyclic) bond motifs is 1. The molecule has 0 spiro atoms. The average molecular weight is 473 g/mol. The Balaban J connectivity index is 2.10. The predicted octanol–water partition coefficient (Wildman–Crippen LogP) is 4.86. The van der Waals surface area contributed by atoms with Crippen LogP contribution in [0.25, 0.3) is 10.9 Å². The third-order valence-corrected chi connectivity index (χ3v) is 4.71. The molecule has 0 radical (unpaired) electrons. The van der Waals surface area contributed by atoms with Crippen molar-refractivity contribution in [2.24, 2.45) is 5.10 Å². The Hall–Kier alpha value is -3.07. The zero-order valence-electron chi connectivity index (χ0n) is 17.0. The Morgan fingerprint density at radius 2 is 1.93 bits per heavy atom. The molecule has 1 heterocycles. The maximum absolute atomic E-state index is 13.0. The van der Waals surface area contributed by atoms with Crippen LogP contribution in [-0.2, 0) is 0 Å². The van der Waals surface area contributed by atoms with E-state index in [4.69, 9.17) is 4.74 Å². The molecular formula is C21H21BrN4O4. The summed E-state index contributed by atoms with van der Waals surface area (Å²) >= 11 is 3.37. The van der Waals surface area contributed by atoms with Crippen molar-refractivity contribution in [2.75, 3.05) is 0 Å². The first-order valence-corrected chi connectivity index (χ1v) is 10.2. The molecule has 9 heteroatoms. The van der Waals surface area contributed by atoms with Crippen molar-refractivity contribution in [3.8, 4) is 5.75 Å². The lowest BCUT2D eigenvalue weighted by atomic mass is 10.2. The van der Waals surface area contributed by atoms with Crippen LogP contribution in [0.3, 0.4) is 0 Å². The number of halogens is 1. The van der Waals surface area contributed by atoms with Gasteiger partial charge in [0.1, 0.15) is 5.82 Å². The second-order valence-corrected chi connectivity index (χ2v) is 8.21. The van der Waals surface area contributed by atoms with Crippen molar-refractivity contribution >= 4 is 38.7 Å². The highest BCUT2D eigenvalue weighted by atomic mass is 79.9. The normalized spacial score (nSPS) is 11.7. The van der Waals surface area contributed by atoms with Crippen LogP contribution in [0.4, 0.5) is 5.69 Å². The number of ether oxygens (including phenoxy) is 1. The maximum Gasteiger partial charge on any atom is 0.311 e. The molecule has 0 N–H and O–H groups in total. The summed E-state index contributed by atoms with van der Waals surface area (Å²) in [4.78, 5) is 28.5. The summed E-state index contributed by atoms with van der Waals surface area (Å²) in [6.45, 7) is 7.43. The lowest BCUT2D eigenvalue weighted by molar-refractivity contribution is -0.386. The molecule has 3 aromatic rings. The van der Waals surface area contributed by atoms with E-state index in [-0.39, 0.29) is 29.0 Å². The standard InChI is InChI=1S/C21H21BrN4O4/c1-12(2)20-24-17-7-6-15(22)10-16(17)21(27)25(20)23-11-14-5-8-19(30-13(3)4)18(9-14)26(28)29/h5-13H,1-4H3. The summed E-state index contributed by atoms with van der Waals surface area (Å²) < 4.78 is 7.50. The summed E-state index contributed by atoms with van der Waals surface area (Å²) in [5.41, 5.74) is 0.582. The molecule has 0 unspecified atom stereocenters. The zero-order chi connectivity index (χ0) is 22.0. The van der Waals surface area contributed by atoms with Gasteiger partial charge in [-0.25, -0.2) is 4.98 Å². The van der Waals surface area contributed by atoms with E-state index in [1.807, 2.05) is 19.9 Å². The number of benzene rings is 2. The average Bonchev–Trinajstić information content (AvgIpc) is 2.67. The quantitative estimate of drug-likeness (QED) is 0.289. The minimum Gasteiger partial charge on any atom is -0.484 e. The van der Waals surface area contributed by atoms with Crippen molar-refractivity contribution in [1.82, 2.24) is 9.66 Å². The first-order valence-electron chi connectivity index (χ1n) is 9.39. The Kier molecular flexibility index (Phi) is 6.31. The van der Waals surface area contributed by atoms with E-state index < -0.39 is 4.92 Å². The van der Waals surface area contributed by atoms with Gasteiger partial charge < -0.3 is 4.74 Å². The fraction of sp³-hybridized carbons (Fsp3) is 0.286. The number of hydrogen-bond acceptors (Lipinski definition) is 6. The summed E-state index contributed by atoms with van der Waals surface area (Å²) in [6, 6.07) is 9.85. The molecule has 0 bridgehead atoms. The Labute approximate surface area is 181 Å². The monoisotopic (exact) mass is 472 g/mol. The molecule has 0 aliphatic rings. The molecular weight excluding hydrogens is 452 g/mol. The Morgan fingerprint density at radius 1 is 1.20 bits per heavy atom. The lowest BCUT2D eigenvalue weighted by Crippen LogP contribution is -2.23. The van der Waals surface area contributed by atoms with Gasteiger partial charge in [0.05, 0.1) is 28.1 Å². The van der Waals surface area contributed by atoms with Gasteiger partial charge in [-0.2, -0.15) is 9.78 Å². The summed E-state index contributed by atoms with van der Waals surface area (Å²) in [7, 11) is 0. The van der Waals surface area contributed by atoms with Gasteiger partial charge in [-0.3, -0.25) is 14.9 Å². The second-order valence-electron chi connectivity index (χ2n) is 7.30. The first kappa shape index (κ1) is 21.6. The third-order valence-electron chi connectivity index (χ3n) is 4.21. The minimum atomic E-state index is -0.504. The molecule has 1 aromatic heterocycles. The van der Waals surface area contributed by atoms with Crippen LogP contribution in [0, 0.1) is 10.1 Å². The van der Waals surface area contributed by atoms with Crippen LogP contribution in [0.2, 0.25) is 0 Å². The molecule has 0 amide bonds. The third kappa shape index (κ3) is 4.56. The molecule has 0 saturated heterocycles. The van der Waals surface area contributed by atoms with E-state index in [0.29, 0.717) is 22.3 Å². The molecule has 8 nitrogen and oxygen atoms in total. The molecule has 0 aliphatic carbocycles. The van der Waals surface area contributed by atoms with Gasteiger partial charge in [0, 0.05) is 22.0 Å². The predicted molar refractivity (Wildman–Crippen MR) is 120 cm³/mol. The lowest BCUT2D eigenvalue weighted by Gasteiger charge is -2.12. The van der Waals surface area contributed by atoms with Crippen molar-refractivity contribution in [3.05, 3.63) is 72.7 Å². The van der Waals surface area contributed by atoms with Crippen molar-refractivity contribution < 1.29 is 9.66 Å². The van der Waals surface area contributed by atoms with Crippen LogP contribution in [-0.4, -0.2) is 26.9 Å². The van der Waals surface area contributed by atoms with Gasteiger partial charge in [-0.05, 0) is 44.2 Å². The van der Waals surface area contributed by atoms with Gasteiger partial charge in [0.25, 0.3) is 5.56 Å². The van der Waals surface area contributed by atoms with Crippen molar-refractivity contribution in [3.63, 3.8) is 0 Å². The Morgan fingerprint density at radius 3 is 2.57 bits per heavy atom. The van der Waals surface area contributed by atoms with Crippen LogP contribution >= 0.6 is 15.9 Å². The molecule has 30 heavy (non-hydrogen) atoms. The maximum atomic E-state index is 13.0. The topological polar surface area (TPSA) is 99.6 Å². The zero-order valence-corrected chi connectivity index (χ0v) is 18.6. The highest BCUT2D eigenvalue weighted by Crippen LogP contribution is 2.28. The fourth-order valence-electron chi connectivity index (χ4n) is 2.89. The van der Waals surface area contributed by atoms with Gasteiger partial charge in [0.15, 0.2) is 5.75 Å². The van der Waals surface area contributed by atoms with Crippen molar-refractivity contribution in [1.29, 1.82) is 0 Å². The summed E-state index contributed by atoms with van der Waals surface area (Å²) in [6.07, 6.45) is 1.21. The van der Waals surface area contributed by atoms with Crippen LogP contribution in [0.1, 0.15) is 45.0 Å². The number of rotatable bonds is 6. The highest BCUT2D eigenvalue weighted by Gasteiger charge is 2.17. The van der Waals surface area contributed by atoms with E-state index in [1.54, 1.807) is 32.0 Å². The number of nitrogens with zero attached hydrogens (tertiary/aromatic N) is 4. The molecule has 3 rings (SSSR count). The molecule has 156 valence electrons. The van der Waals surface area contributed by atoms with E-state index in [2.05, 4.69) is 26.0 Å². The van der Waals surface area contributed by atoms with Crippen LogP contribution in [0.5, 0.6) is 5.75 Å². The smallest absolute Gasteiger partial charge is 0.311 e. The van der Waals surface area contributed by atoms with Crippen LogP contribution < -0.4 is 10.3 Å². The van der Waals surface area contributed by atoms with Gasteiger partial charge >= 0.3 is 5.69 Å². The van der Waals surface area contributed by atoms with E-state index in [1.165, 1.54) is 23.0 Å². The molecule has 0 saturated carbocycles. The van der Waals surface area contributed by atoms with Gasteiger partial charge in [-0.15, -0.1) is 0 Å². The minimum absolute atomic E-state index is 0.0564. The molecule has 2 aromatic carbocycles. The number of hydrogen-bond donors (Lipinski definition) is 0. The van der Waals surface area contributed by atoms with E-state index >= 15 is 0 Å². The van der Waals surface area contributed by atoms with Gasteiger partial charge in [-0.1, -0.05) is 29.8 Å². The largest absolute Gasteiger partial charge is 0.484 e. The molecule has 0 fully saturated rings. The van der Waals surface area contributed by atoms with E-state index in [9.17, 15) is 14.9 Å². The van der Waals surface area contributed by atoms with E-state index in [0.717, 1.165) is 4.47 Å². The van der Waals surface area contributed by atoms with Crippen molar-refractivity contribution in [2.45, 2.75) is 39.7 Å². The van der Waals surface area contributed by atoms with Gasteiger partial charge in [0.2, 0.25) is 0 Å². The number of nitro groups is 1. The summed E-state index contributed by atoms with van der Waals surface area (Å²) in [5, 5.41) is 16.2. The summed E-state index contributed by atoms with van der Waals surface area (Å²) in [5.74, 6) is 0.629. The first-order chi connectivity index (χ1) is 14.2. The van der Waals surface area contributed by atoms with Crippen LogP contribution in [0.15, 0.2) is 50.8 Å². The SMILES string of the molecule is CC(C)Oc1ccc(C=Nn2c(C(C)C)nc3ccc(Br)cc3c2=O)cc1[N+](=O)[O-]. The molecule has 0 atom stereocenters. The second kappa shape index (κ2) is 8.74. The highest BCUT2D eigenvalue weighted by molar-refractivity contribution is 9.10. The number of nitro benzene ring substituents is 1. The Bertz CT molecular complexity index is 1200. The molecule has 0 aliphatic heterocycles.